The Hall–Kier alpha value is -2.47. The predicted molar refractivity (Wildman–Crippen MR) is 95.5 cm³/mol. The van der Waals surface area contributed by atoms with E-state index < -0.39 is 0 Å². The zero-order valence-electron chi connectivity index (χ0n) is 14.2. The summed E-state index contributed by atoms with van der Waals surface area (Å²) in [6.45, 7) is 2.55. The van der Waals surface area contributed by atoms with Crippen LogP contribution in [0.4, 0.5) is 11.5 Å². The summed E-state index contributed by atoms with van der Waals surface area (Å²) in [5.41, 5.74) is 2.57. The van der Waals surface area contributed by atoms with Crippen LogP contribution in [0, 0.1) is 0 Å². The third kappa shape index (κ3) is 3.71. The van der Waals surface area contributed by atoms with Crippen LogP contribution in [0.1, 0.15) is 22.5 Å². The van der Waals surface area contributed by atoms with Gasteiger partial charge in [-0.05, 0) is 57.2 Å². The average molecular weight is 325 g/mol. The second-order valence-corrected chi connectivity index (χ2v) is 6.22. The van der Waals surface area contributed by atoms with E-state index in [1.54, 1.807) is 11.0 Å². The Bertz CT molecular complexity index is 699. The van der Waals surface area contributed by atoms with Crippen molar-refractivity contribution in [2.75, 3.05) is 43.9 Å². The first-order chi connectivity index (χ1) is 11.6. The number of benzene rings is 1. The maximum Gasteiger partial charge on any atom is 0.278 e. The minimum atomic E-state index is -0.0911. The minimum absolute atomic E-state index is 0.0911. The van der Waals surface area contributed by atoms with Gasteiger partial charge in [0.15, 0.2) is 5.69 Å². The second-order valence-electron chi connectivity index (χ2n) is 6.22. The van der Waals surface area contributed by atoms with E-state index in [1.807, 2.05) is 24.3 Å². The van der Waals surface area contributed by atoms with Gasteiger partial charge in [-0.25, -0.2) is 0 Å². The van der Waals surface area contributed by atoms with Gasteiger partial charge < -0.3 is 15.1 Å². The summed E-state index contributed by atoms with van der Waals surface area (Å²) < 4.78 is 0. The SMILES string of the molecule is CN(C)CCCNc1ccc(C(=O)N2CCc3ccccc32)nn1. The van der Waals surface area contributed by atoms with Crippen molar-refractivity contribution in [2.24, 2.45) is 0 Å². The molecule has 126 valence electrons. The molecule has 1 N–H and O–H groups in total. The number of nitrogens with zero attached hydrogens (tertiary/aromatic N) is 4. The number of hydrogen-bond acceptors (Lipinski definition) is 5. The molecule has 24 heavy (non-hydrogen) atoms. The molecule has 0 atom stereocenters. The van der Waals surface area contributed by atoms with Crippen LogP contribution >= 0.6 is 0 Å². The molecular formula is C18H23N5O. The van der Waals surface area contributed by atoms with Crippen LogP contribution in [0.3, 0.4) is 0 Å². The average Bonchev–Trinajstić information content (AvgIpc) is 3.02. The fraction of sp³-hybridized carbons (Fsp3) is 0.389. The van der Waals surface area contributed by atoms with Gasteiger partial charge in [0.25, 0.3) is 5.91 Å². The van der Waals surface area contributed by atoms with Crippen molar-refractivity contribution in [3.63, 3.8) is 0 Å². The highest BCUT2D eigenvalue weighted by molar-refractivity contribution is 6.06. The molecule has 0 aliphatic carbocycles. The molecule has 0 bridgehead atoms. The van der Waals surface area contributed by atoms with Gasteiger partial charge in [0.05, 0.1) is 0 Å². The number of rotatable bonds is 6. The largest absolute Gasteiger partial charge is 0.369 e. The van der Waals surface area contributed by atoms with Crippen LogP contribution in [0.25, 0.3) is 0 Å². The highest BCUT2D eigenvalue weighted by Gasteiger charge is 2.26. The van der Waals surface area contributed by atoms with E-state index in [-0.39, 0.29) is 5.91 Å². The van der Waals surface area contributed by atoms with Crippen molar-refractivity contribution in [1.29, 1.82) is 0 Å². The van der Waals surface area contributed by atoms with Gasteiger partial charge in [0.1, 0.15) is 5.82 Å². The van der Waals surface area contributed by atoms with E-state index in [0.29, 0.717) is 18.1 Å². The predicted octanol–water partition coefficient (Wildman–Crippen LogP) is 2.04. The Balaban J connectivity index is 1.61. The molecule has 0 unspecified atom stereocenters. The van der Waals surface area contributed by atoms with Crippen molar-refractivity contribution in [2.45, 2.75) is 12.8 Å². The molecule has 3 rings (SSSR count). The number of amides is 1. The van der Waals surface area contributed by atoms with Crippen LogP contribution in [0.5, 0.6) is 0 Å². The Morgan fingerprint density at radius 1 is 1.21 bits per heavy atom. The lowest BCUT2D eigenvalue weighted by molar-refractivity contribution is 0.0983. The van der Waals surface area contributed by atoms with E-state index in [2.05, 4.69) is 40.6 Å². The van der Waals surface area contributed by atoms with Gasteiger partial charge in [-0.15, -0.1) is 10.2 Å². The minimum Gasteiger partial charge on any atom is -0.369 e. The van der Waals surface area contributed by atoms with E-state index in [0.717, 1.165) is 31.6 Å². The summed E-state index contributed by atoms with van der Waals surface area (Å²) in [6, 6.07) is 11.6. The number of aromatic nitrogens is 2. The Labute approximate surface area is 142 Å². The highest BCUT2D eigenvalue weighted by atomic mass is 16.2. The van der Waals surface area contributed by atoms with Crippen LogP contribution in [0.15, 0.2) is 36.4 Å². The van der Waals surface area contributed by atoms with E-state index in [9.17, 15) is 4.79 Å². The molecule has 6 nitrogen and oxygen atoms in total. The first kappa shape index (κ1) is 16.4. The van der Waals surface area contributed by atoms with Gasteiger partial charge in [0, 0.05) is 18.8 Å². The fourth-order valence-electron chi connectivity index (χ4n) is 2.84. The molecule has 1 aromatic carbocycles. The standard InChI is InChI=1S/C18H23N5O/c1-22(2)12-5-11-19-17-9-8-15(20-21-17)18(24)23-13-10-14-6-3-4-7-16(14)23/h3-4,6-9H,5,10-13H2,1-2H3,(H,19,21). The van der Waals surface area contributed by atoms with E-state index >= 15 is 0 Å². The van der Waals surface area contributed by atoms with E-state index in [1.165, 1.54) is 5.56 Å². The van der Waals surface area contributed by atoms with Crippen molar-refractivity contribution < 1.29 is 4.79 Å². The Kier molecular flexibility index (Phi) is 5.05. The van der Waals surface area contributed by atoms with Crippen LogP contribution in [-0.2, 0) is 6.42 Å². The quantitative estimate of drug-likeness (QED) is 0.824. The van der Waals surface area contributed by atoms with Crippen LogP contribution in [-0.4, -0.2) is 54.7 Å². The number of hydrogen-bond donors (Lipinski definition) is 1. The first-order valence-electron chi connectivity index (χ1n) is 8.27. The third-order valence-electron chi connectivity index (χ3n) is 4.10. The lowest BCUT2D eigenvalue weighted by atomic mass is 10.2. The van der Waals surface area contributed by atoms with Crippen molar-refractivity contribution in [3.05, 3.63) is 47.7 Å². The molecule has 2 aromatic rings. The molecule has 0 saturated heterocycles. The zero-order valence-corrected chi connectivity index (χ0v) is 14.2. The van der Waals surface area contributed by atoms with Crippen molar-refractivity contribution >= 4 is 17.4 Å². The maximum atomic E-state index is 12.7. The Morgan fingerprint density at radius 2 is 2.04 bits per heavy atom. The van der Waals surface area contributed by atoms with Crippen molar-refractivity contribution in [3.8, 4) is 0 Å². The number of para-hydroxylation sites is 1. The van der Waals surface area contributed by atoms with Gasteiger partial charge in [-0.1, -0.05) is 18.2 Å². The maximum absolute atomic E-state index is 12.7. The number of carbonyl (C=O) groups is 1. The van der Waals surface area contributed by atoms with Gasteiger partial charge in [0.2, 0.25) is 0 Å². The lowest BCUT2D eigenvalue weighted by Crippen LogP contribution is -2.29. The van der Waals surface area contributed by atoms with Crippen LogP contribution in [0.2, 0.25) is 0 Å². The number of fused-ring (bicyclic) bond motifs is 1. The van der Waals surface area contributed by atoms with Gasteiger partial charge in [-0.2, -0.15) is 0 Å². The summed E-state index contributed by atoms with van der Waals surface area (Å²) in [5.74, 6) is 0.610. The number of nitrogens with one attached hydrogen (secondary N) is 1. The molecule has 1 aliphatic heterocycles. The second kappa shape index (κ2) is 7.40. The highest BCUT2D eigenvalue weighted by Crippen LogP contribution is 2.28. The number of anilines is 2. The number of carbonyl (C=O) groups excluding carboxylic acids is 1. The molecule has 1 amide bonds. The molecule has 6 heteroatoms. The summed E-state index contributed by atoms with van der Waals surface area (Å²) in [7, 11) is 4.10. The summed E-state index contributed by atoms with van der Waals surface area (Å²) in [4.78, 5) is 16.6. The summed E-state index contributed by atoms with van der Waals surface area (Å²) in [5, 5.41) is 11.4. The monoisotopic (exact) mass is 325 g/mol. The van der Waals surface area contributed by atoms with Crippen LogP contribution < -0.4 is 10.2 Å². The normalized spacial score (nSPS) is 13.2. The van der Waals surface area contributed by atoms with Gasteiger partial charge in [-0.3, -0.25) is 4.79 Å². The molecule has 0 saturated carbocycles. The molecular weight excluding hydrogens is 302 g/mol. The molecule has 2 heterocycles. The van der Waals surface area contributed by atoms with Crippen molar-refractivity contribution in [1.82, 2.24) is 15.1 Å². The molecule has 1 aliphatic rings. The third-order valence-corrected chi connectivity index (χ3v) is 4.10. The first-order valence-corrected chi connectivity index (χ1v) is 8.27. The van der Waals surface area contributed by atoms with E-state index in [4.69, 9.17) is 0 Å². The molecule has 0 fully saturated rings. The molecule has 0 radical (unpaired) electrons. The molecule has 1 aromatic heterocycles. The fourth-order valence-corrected chi connectivity index (χ4v) is 2.84. The lowest BCUT2D eigenvalue weighted by Gasteiger charge is -2.16. The summed E-state index contributed by atoms with van der Waals surface area (Å²) in [6.07, 6.45) is 1.92. The smallest absolute Gasteiger partial charge is 0.278 e. The zero-order chi connectivity index (χ0) is 16.9. The topological polar surface area (TPSA) is 61.4 Å². The van der Waals surface area contributed by atoms with Gasteiger partial charge >= 0.3 is 0 Å². The summed E-state index contributed by atoms with van der Waals surface area (Å²) >= 11 is 0. The molecule has 0 spiro atoms. The Morgan fingerprint density at radius 3 is 2.79 bits per heavy atom.